The van der Waals surface area contributed by atoms with Crippen molar-refractivity contribution in [2.45, 2.75) is 29.7 Å². The van der Waals surface area contributed by atoms with Crippen LogP contribution in [-0.4, -0.2) is 30.5 Å². The van der Waals surface area contributed by atoms with E-state index in [4.69, 9.17) is 16.6 Å². The van der Waals surface area contributed by atoms with Crippen LogP contribution >= 0.6 is 23.4 Å². The SMILES string of the molecule is Cc1cc(Nc2nc(Sc3ccc(NC(=O)C4CC4)cc3)cc3ncc(Cl)n23)n[nH]1. The molecule has 0 atom stereocenters. The van der Waals surface area contributed by atoms with E-state index in [0.29, 0.717) is 22.6 Å². The van der Waals surface area contributed by atoms with Gasteiger partial charge in [-0.1, -0.05) is 23.4 Å². The van der Waals surface area contributed by atoms with Gasteiger partial charge in [-0.15, -0.1) is 0 Å². The summed E-state index contributed by atoms with van der Waals surface area (Å²) in [4.78, 5) is 22.0. The summed E-state index contributed by atoms with van der Waals surface area (Å²) >= 11 is 7.80. The van der Waals surface area contributed by atoms with Crippen LogP contribution in [0.25, 0.3) is 5.65 Å². The summed E-state index contributed by atoms with van der Waals surface area (Å²) in [5.41, 5.74) is 2.42. The van der Waals surface area contributed by atoms with Gasteiger partial charge in [-0.2, -0.15) is 5.10 Å². The largest absolute Gasteiger partial charge is 0.326 e. The van der Waals surface area contributed by atoms with Crippen LogP contribution in [0.2, 0.25) is 5.15 Å². The Bertz CT molecular complexity index is 1230. The number of hydrogen-bond acceptors (Lipinski definition) is 6. The first-order valence-corrected chi connectivity index (χ1v) is 10.7. The van der Waals surface area contributed by atoms with E-state index in [-0.39, 0.29) is 11.8 Å². The number of aromatic amines is 1. The van der Waals surface area contributed by atoms with Gasteiger partial charge in [0.2, 0.25) is 11.9 Å². The summed E-state index contributed by atoms with van der Waals surface area (Å²) in [5.74, 6) is 1.45. The van der Waals surface area contributed by atoms with Crippen molar-refractivity contribution in [3.05, 3.63) is 53.4 Å². The van der Waals surface area contributed by atoms with Crippen LogP contribution in [0.5, 0.6) is 0 Å². The molecule has 3 heterocycles. The maximum absolute atomic E-state index is 11.9. The van der Waals surface area contributed by atoms with Crippen molar-refractivity contribution < 1.29 is 4.79 Å². The zero-order valence-corrected chi connectivity index (χ0v) is 17.6. The van der Waals surface area contributed by atoms with Crippen molar-refractivity contribution in [2.24, 2.45) is 5.92 Å². The van der Waals surface area contributed by atoms with E-state index < -0.39 is 0 Å². The number of amides is 1. The Balaban J connectivity index is 1.39. The van der Waals surface area contributed by atoms with Gasteiger partial charge in [0.15, 0.2) is 5.82 Å². The molecule has 4 aromatic rings. The molecular formula is C20H18ClN7OS. The van der Waals surface area contributed by atoms with Crippen LogP contribution in [0.15, 0.2) is 52.5 Å². The Labute approximate surface area is 181 Å². The quantitative estimate of drug-likeness (QED) is 0.378. The van der Waals surface area contributed by atoms with Crippen LogP contribution in [0.4, 0.5) is 17.5 Å². The second kappa shape index (κ2) is 7.66. The highest BCUT2D eigenvalue weighted by Crippen LogP contribution is 2.32. The van der Waals surface area contributed by atoms with Crippen LogP contribution in [0.1, 0.15) is 18.5 Å². The molecule has 5 rings (SSSR count). The second-order valence-electron chi connectivity index (χ2n) is 7.14. The molecule has 1 saturated carbocycles. The molecule has 0 saturated heterocycles. The molecule has 0 spiro atoms. The van der Waals surface area contributed by atoms with E-state index in [1.54, 1.807) is 10.6 Å². The van der Waals surface area contributed by atoms with E-state index >= 15 is 0 Å². The van der Waals surface area contributed by atoms with E-state index in [0.717, 1.165) is 34.1 Å². The molecule has 0 unspecified atom stereocenters. The summed E-state index contributed by atoms with van der Waals surface area (Å²) in [6.45, 7) is 1.93. The van der Waals surface area contributed by atoms with E-state index in [1.807, 2.05) is 43.3 Å². The minimum atomic E-state index is 0.100. The minimum absolute atomic E-state index is 0.100. The highest BCUT2D eigenvalue weighted by Gasteiger charge is 2.29. The van der Waals surface area contributed by atoms with Gasteiger partial charge < -0.3 is 10.6 Å². The lowest BCUT2D eigenvalue weighted by molar-refractivity contribution is -0.117. The van der Waals surface area contributed by atoms with Gasteiger partial charge in [-0.25, -0.2) is 9.97 Å². The highest BCUT2D eigenvalue weighted by molar-refractivity contribution is 7.99. The van der Waals surface area contributed by atoms with Crippen LogP contribution in [-0.2, 0) is 4.79 Å². The first kappa shape index (κ1) is 19.0. The van der Waals surface area contributed by atoms with Crippen molar-refractivity contribution in [1.82, 2.24) is 24.6 Å². The number of carbonyl (C=O) groups is 1. The fraction of sp³-hybridized carbons (Fsp3) is 0.200. The molecule has 152 valence electrons. The van der Waals surface area contributed by atoms with Crippen LogP contribution in [0, 0.1) is 12.8 Å². The topological polar surface area (TPSA) is 100 Å². The Hall–Kier alpha value is -3.04. The molecule has 0 aliphatic heterocycles. The third kappa shape index (κ3) is 3.99. The number of hydrogen-bond donors (Lipinski definition) is 3. The first-order chi connectivity index (χ1) is 14.5. The van der Waals surface area contributed by atoms with Crippen molar-refractivity contribution in [2.75, 3.05) is 10.6 Å². The summed E-state index contributed by atoms with van der Waals surface area (Å²) in [7, 11) is 0. The van der Waals surface area contributed by atoms with Gasteiger partial charge >= 0.3 is 0 Å². The zero-order valence-electron chi connectivity index (χ0n) is 16.0. The Morgan fingerprint density at radius 2 is 2.07 bits per heavy atom. The summed E-state index contributed by atoms with van der Waals surface area (Å²) in [6.07, 6.45) is 3.56. The molecule has 30 heavy (non-hydrogen) atoms. The van der Waals surface area contributed by atoms with Gasteiger partial charge in [-0.05, 0) is 44.0 Å². The van der Waals surface area contributed by atoms with Crippen molar-refractivity contribution in [1.29, 1.82) is 0 Å². The normalized spacial score (nSPS) is 13.5. The average molecular weight is 440 g/mol. The van der Waals surface area contributed by atoms with Gasteiger partial charge in [0.25, 0.3) is 0 Å². The fourth-order valence-corrected chi connectivity index (χ4v) is 4.03. The molecule has 0 bridgehead atoms. The van der Waals surface area contributed by atoms with Gasteiger partial charge in [0.05, 0.1) is 6.20 Å². The van der Waals surface area contributed by atoms with E-state index in [1.165, 1.54) is 11.8 Å². The monoisotopic (exact) mass is 439 g/mol. The maximum Gasteiger partial charge on any atom is 0.227 e. The summed E-state index contributed by atoms with van der Waals surface area (Å²) in [6, 6.07) is 11.5. The van der Waals surface area contributed by atoms with E-state index in [2.05, 4.69) is 25.8 Å². The van der Waals surface area contributed by atoms with Gasteiger partial charge in [0, 0.05) is 34.3 Å². The molecule has 3 N–H and O–H groups in total. The van der Waals surface area contributed by atoms with Crippen LogP contribution in [0.3, 0.4) is 0 Å². The van der Waals surface area contributed by atoms with Gasteiger partial charge in [-0.3, -0.25) is 14.3 Å². The number of nitrogens with zero attached hydrogens (tertiary/aromatic N) is 4. The number of fused-ring (bicyclic) bond motifs is 1. The molecule has 10 heteroatoms. The number of aromatic nitrogens is 5. The number of anilines is 3. The Kier molecular flexibility index (Phi) is 4.84. The fourth-order valence-electron chi connectivity index (χ4n) is 3.00. The molecular weight excluding hydrogens is 422 g/mol. The number of imidazole rings is 1. The molecule has 1 aliphatic carbocycles. The lowest BCUT2D eigenvalue weighted by Gasteiger charge is -2.10. The van der Waals surface area contributed by atoms with Gasteiger partial charge in [0.1, 0.15) is 15.8 Å². The smallest absolute Gasteiger partial charge is 0.227 e. The van der Waals surface area contributed by atoms with Crippen molar-refractivity contribution in [3.8, 4) is 0 Å². The number of benzene rings is 1. The number of rotatable bonds is 6. The molecule has 1 aliphatic rings. The predicted molar refractivity (Wildman–Crippen MR) is 117 cm³/mol. The maximum atomic E-state index is 11.9. The Morgan fingerprint density at radius 3 is 2.77 bits per heavy atom. The number of H-pyrrole nitrogens is 1. The molecule has 1 aromatic carbocycles. The molecule has 8 nitrogen and oxygen atoms in total. The molecule has 0 radical (unpaired) electrons. The third-order valence-electron chi connectivity index (χ3n) is 4.66. The number of aryl methyl sites for hydroxylation is 1. The number of carbonyl (C=O) groups excluding carboxylic acids is 1. The standard InChI is InChI=1S/C20H18ClN7OS/c1-11-8-16(27-26-11)24-20-25-18(9-17-22-10-15(21)28(17)20)30-14-6-4-13(5-7-14)23-19(29)12-2-3-12/h4-10,12H,2-3H2,1H3,(H,23,29)(H2,24,25,26,27). The molecule has 1 amide bonds. The zero-order chi connectivity index (χ0) is 20.7. The van der Waals surface area contributed by atoms with Crippen LogP contribution < -0.4 is 10.6 Å². The lowest BCUT2D eigenvalue weighted by atomic mass is 10.3. The molecule has 3 aromatic heterocycles. The number of halogens is 1. The third-order valence-corrected chi connectivity index (χ3v) is 5.86. The van der Waals surface area contributed by atoms with Crippen molar-refractivity contribution in [3.63, 3.8) is 0 Å². The second-order valence-corrected chi connectivity index (χ2v) is 8.62. The first-order valence-electron chi connectivity index (χ1n) is 9.47. The predicted octanol–water partition coefficient (Wildman–Crippen LogP) is 4.66. The van der Waals surface area contributed by atoms with E-state index in [9.17, 15) is 4.79 Å². The lowest BCUT2D eigenvalue weighted by Crippen LogP contribution is -2.12. The highest BCUT2D eigenvalue weighted by atomic mass is 35.5. The molecule has 1 fully saturated rings. The number of nitrogens with one attached hydrogen (secondary N) is 3. The van der Waals surface area contributed by atoms with Crippen molar-refractivity contribution >= 4 is 52.4 Å². The Morgan fingerprint density at radius 1 is 1.27 bits per heavy atom. The minimum Gasteiger partial charge on any atom is -0.326 e. The average Bonchev–Trinajstić information content (AvgIpc) is 3.41. The summed E-state index contributed by atoms with van der Waals surface area (Å²) < 4.78 is 1.73. The summed E-state index contributed by atoms with van der Waals surface area (Å²) in [5, 5.41) is 14.5.